The van der Waals surface area contributed by atoms with Crippen molar-refractivity contribution in [1.29, 1.82) is 0 Å². The molecular weight excluding hydrogens is 238 g/mol. The minimum atomic E-state index is 0.251. The minimum absolute atomic E-state index is 0.251. The summed E-state index contributed by atoms with van der Waals surface area (Å²) in [5.74, 6) is 1.69. The molecule has 0 unspecified atom stereocenters. The van der Waals surface area contributed by atoms with Crippen molar-refractivity contribution in [3.63, 3.8) is 0 Å². The summed E-state index contributed by atoms with van der Waals surface area (Å²) >= 11 is 0. The predicted molar refractivity (Wildman–Crippen MR) is 78.7 cm³/mol. The quantitative estimate of drug-likeness (QED) is 0.731. The zero-order valence-electron chi connectivity index (χ0n) is 12.5. The summed E-state index contributed by atoms with van der Waals surface area (Å²) < 4.78 is 5.44. The van der Waals surface area contributed by atoms with Crippen LogP contribution in [0.5, 0.6) is 5.75 Å². The first kappa shape index (κ1) is 15.7. The van der Waals surface area contributed by atoms with E-state index in [1.807, 2.05) is 0 Å². The second kappa shape index (κ2) is 7.95. The fourth-order valence-corrected chi connectivity index (χ4v) is 1.95. The number of ketones is 1. The van der Waals surface area contributed by atoms with Crippen molar-refractivity contribution in [1.82, 2.24) is 5.32 Å². The van der Waals surface area contributed by atoms with Crippen LogP contribution in [0.3, 0.4) is 0 Å². The van der Waals surface area contributed by atoms with Crippen LogP contribution in [0.4, 0.5) is 0 Å². The van der Waals surface area contributed by atoms with E-state index in [1.165, 1.54) is 5.56 Å². The summed E-state index contributed by atoms with van der Waals surface area (Å²) in [6.45, 7) is 7.62. The smallest absolute Gasteiger partial charge is 0.129 e. The Labute approximate surface area is 116 Å². The maximum Gasteiger partial charge on any atom is 0.129 e. The number of ether oxygens (including phenoxy) is 1. The molecule has 0 aromatic heterocycles. The maximum atomic E-state index is 10.8. The van der Waals surface area contributed by atoms with Gasteiger partial charge in [-0.1, -0.05) is 26.0 Å². The molecule has 0 atom stereocenters. The fraction of sp³-hybridized carbons (Fsp3) is 0.562. The van der Waals surface area contributed by atoms with Crippen LogP contribution in [-0.4, -0.2) is 19.4 Å². The van der Waals surface area contributed by atoms with Crippen LogP contribution in [0.25, 0.3) is 0 Å². The molecule has 0 aliphatic heterocycles. The van der Waals surface area contributed by atoms with Gasteiger partial charge in [0.25, 0.3) is 0 Å². The molecule has 3 nitrogen and oxygen atoms in total. The van der Waals surface area contributed by atoms with Crippen LogP contribution >= 0.6 is 0 Å². The predicted octanol–water partition coefficient (Wildman–Crippen LogP) is 3.28. The second-order valence-electron chi connectivity index (χ2n) is 5.21. The molecule has 1 N–H and O–H groups in total. The first-order valence-corrected chi connectivity index (χ1v) is 6.91. The highest BCUT2D eigenvalue weighted by atomic mass is 16.5. The van der Waals surface area contributed by atoms with Crippen LogP contribution in [0.2, 0.25) is 0 Å². The van der Waals surface area contributed by atoms with Crippen molar-refractivity contribution < 1.29 is 9.53 Å². The number of Topliss-reactive ketones (excluding diaryl/α,β-unsaturated/α-hetero) is 1. The van der Waals surface area contributed by atoms with Crippen LogP contribution in [0.1, 0.15) is 50.7 Å². The van der Waals surface area contributed by atoms with Crippen molar-refractivity contribution in [3.8, 4) is 5.75 Å². The molecular formula is C16H25NO2. The average molecular weight is 263 g/mol. The number of rotatable bonds is 8. The van der Waals surface area contributed by atoms with Gasteiger partial charge in [-0.25, -0.2) is 0 Å². The lowest BCUT2D eigenvalue weighted by molar-refractivity contribution is -0.117. The van der Waals surface area contributed by atoms with Crippen molar-refractivity contribution in [2.45, 2.75) is 46.1 Å². The number of carbonyl (C=O) groups excluding carboxylic acids is 1. The lowest BCUT2D eigenvalue weighted by Crippen LogP contribution is -2.16. The van der Waals surface area contributed by atoms with Crippen LogP contribution in [0.15, 0.2) is 18.2 Å². The van der Waals surface area contributed by atoms with Gasteiger partial charge in [0, 0.05) is 18.5 Å². The van der Waals surface area contributed by atoms with Crippen molar-refractivity contribution in [2.24, 2.45) is 0 Å². The van der Waals surface area contributed by atoms with E-state index >= 15 is 0 Å². The third-order valence-electron chi connectivity index (χ3n) is 3.18. The SMILES string of the molecule is COc1cc(C(C)C)ccc1CNCCCC(C)=O. The Morgan fingerprint density at radius 2 is 2.11 bits per heavy atom. The third-order valence-corrected chi connectivity index (χ3v) is 3.18. The van der Waals surface area contributed by atoms with Gasteiger partial charge in [0.1, 0.15) is 11.5 Å². The summed E-state index contributed by atoms with van der Waals surface area (Å²) in [5.41, 5.74) is 2.45. The molecule has 0 fully saturated rings. The molecule has 0 saturated heterocycles. The maximum absolute atomic E-state index is 10.8. The summed E-state index contributed by atoms with van der Waals surface area (Å²) in [6, 6.07) is 6.38. The number of hydrogen-bond donors (Lipinski definition) is 1. The number of hydrogen-bond acceptors (Lipinski definition) is 3. The molecule has 0 spiro atoms. The molecule has 1 aromatic carbocycles. The molecule has 106 valence electrons. The van der Waals surface area contributed by atoms with E-state index in [1.54, 1.807) is 14.0 Å². The summed E-state index contributed by atoms with van der Waals surface area (Å²) in [4.78, 5) is 10.8. The van der Waals surface area contributed by atoms with E-state index in [9.17, 15) is 4.79 Å². The largest absolute Gasteiger partial charge is 0.496 e. The van der Waals surface area contributed by atoms with E-state index in [0.29, 0.717) is 12.3 Å². The molecule has 0 aliphatic carbocycles. The second-order valence-corrected chi connectivity index (χ2v) is 5.21. The van der Waals surface area contributed by atoms with Gasteiger partial charge >= 0.3 is 0 Å². The van der Waals surface area contributed by atoms with Crippen molar-refractivity contribution in [3.05, 3.63) is 29.3 Å². The van der Waals surface area contributed by atoms with Gasteiger partial charge < -0.3 is 14.8 Å². The molecule has 1 aromatic rings. The standard InChI is InChI=1S/C16H25NO2/c1-12(2)14-7-8-15(16(10-14)19-4)11-17-9-5-6-13(3)18/h7-8,10,12,17H,5-6,9,11H2,1-4H3. The summed E-state index contributed by atoms with van der Waals surface area (Å²) in [6.07, 6.45) is 1.54. The van der Waals surface area contributed by atoms with Gasteiger partial charge in [-0.05, 0) is 37.4 Å². The average Bonchev–Trinajstić information content (AvgIpc) is 2.37. The Balaban J connectivity index is 2.51. The molecule has 0 aliphatic rings. The lowest BCUT2D eigenvalue weighted by atomic mass is 10.0. The van der Waals surface area contributed by atoms with Crippen LogP contribution < -0.4 is 10.1 Å². The molecule has 0 heterocycles. The number of methoxy groups -OCH3 is 1. The zero-order valence-corrected chi connectivity index (χ0v) is 12.5. The van der Waals surface area contributed by atoms with Gasteiger partial charge in [-0.3, -0.25) is 0 Å². The Kier molecular flexibility index (Phi) is 6.57. The number of benzene rings is 1. The first-order valence-electron chi connectivity index (χ1n) is 6.91. The Hall–Kier alpha value is -1.35. The monoisotopic (exact) mass is 263 g/mol. The first-order chi connectivity index (χ1) is 9.04. The van der Waals surface area contributed by atoms with Gasteiger partial charge in [-0.15, -0.1) is 0 Å². The van der Waals surface area contributed by atoms with E-state index < -0.39 is 0 Å². The van der Waals surface area contributed by atoms with Crippen LogP contribution in [-0.2, 0) is 11.3 Å². The number of carbonyl (C=O) groups is 1. The molecule has 0 radical (unpaired) electrons. The third kappa shape index (κ3) is 5.43. The molecule has 0 bridgehead atoms. The van der Waals surface area contributed by atoms with Gasteiger partial charge in [0.2, 0.25) is 0 Å². The van der Waals surface area contributed by atoms with Gasteiger partial charge in [0.15, 0.2) is 0 Å². The Morgan fingerprint density at radius 3 is 2.68 bits per heavy atom. The molecule has 3 heteroatoms. The molecule has 1 rings (SSSR count). The van der Waals surface area contributed by atoms with E-state index in [0.717, 1.165) is 30.8 Å². The topological polar surface area (TPSA) is 38.3 Å². The van der Waals surface area contributed by atoms with E-state index in [-0.39, 0.29) is 5.78 Å². The molecule has 0 saturated carbocycles. The summed E-state index contributed by atoms with van der Waals surface area (Å²) in [7, 11) is 1.71. The van der Waals surface area contributed by atoms with Crippen molar-refractivity contribution in [2.75, 3.05) is 13.7 Å². The highest BCUT2D eigenvalue weighted by Crippen LogP contribution is 2.24. The molecule has 0 amide bonds. The molecule has 19 heavy (non-hydrogen) atoms. The summed E-state index contributed by atoms with van der Waals surface area (Å²) in [5, 5.41) is 3.35. The number of nitrogens with one attached hydrogen (secondary N) is 1. The van der Waals surface area contributed by atoms with Crippen molar-refractivity contribution >= 4 is 5.78 Å². The fourth-order valence-electron chi connectivity index (χ4n) is 1.95. The Morgan fingerprint density at radius 1 is 1.37 bits per heavy atom. The highest BCUT2D eigenvalue weighted by Gasteiger charge is 2.06. The zero-order chi connectivity index (χ0) is 14.3. The lowest BCUT2D eigenvalue weighted by Gasteiger charge is -2.13. The minimum Gasteiger partial charge on any atom is -0.496 e. The van der Waals surface area contributed by atoms with E-state index in [4.69, 9.17) is 4.74 Å². The Bertz CT molecular complexity index is 413. The highest BCUT2D eigenvalue weighted by molar-refractivity contribution is 5.75. The van der Waals surface area contributed by atoms with Gasteiger partial charge in [0.05, 0.1) is 7.11 Å². The van der Waals surface area contributed by atoms with Gasteiger partial charge in [-0.2, -0.15) is 0 Å². The van der Waals surface area contributed by atoms with Crippen LogP contribution in [0, 0.1) is 0 Å². The normalized spacial score (nSPS) is 10.8. The van der Waals surface area contributed by atoms with E-state index in [2.05, 4.69) is 37.4 Å².